The van der Waals surface area contributed by atoms with Crippen LogP contribution in [0.1, 0.15) is 36.0 Å². The van der Waals surface area contributed by atoms with E-state index >= 15 is 0 Å². The number of carbonyl (C=O) groups excluding carboxylic acids is 1. The highest BCUT2D eigenvalue weighted by Gasteiger charge is 2.36. The molecule has 0 spiro atoms. The molecule has 110 valence electrons. The fourth-order valence-corrected chi connectivity index (χ4v) is 3.78. The summed E-state index contributed by atoms with van der Waals surface area (Å²) in [6.45, 7) is 0. The van der Waals surface area contributed by atoms with Gasteiger partial charge >= 0.3 is 0 Å². The summed E-state index contributed by atoms with van der Waals surface area (Å²) < 4.78 is 0. The Morgan fingerprint density at radius 2 is 2.05 bits per heavy atom. The van der Waals surface area contributed by atoms with E-state index in [0.29, 0.717) is 18.1 Å². The number of nitrogens with one attached hydrogen (secondary N) is 2. The predicted molar refractivity (Wildman–Crippen MR) is 81.2 cm³/mol. The number of amides is 1. The van der Waals surface area contributed by atoms with Crippen molar-refractivity contribution in [1.82, 2.24) is 20.4 Å². The van der Waals surface area contributed by atoms with E-state index in [0.717, 1.165) is 29.3 Å². The number of carbonyl (C=O) groups is 1. The van der Waals surface area contributed by atoms with Gasteiger partial charge in [0.2, 0.25) is 0 Å². The first-order valence-corrected chi connectivity index (χ1v) is 7.67. The minimum absolute atomic E-state index is 0.109. The van der Waals surface area contributed by atoms with Gasteiger partial charge in [-0.3, -0.25) is 9.89 Å². The van der Waals surface area contributed by atoms with Gasteiger partial charge in [-0.2, -0.15) is 5.10 Å². The van der Waals surface area contributed by atoms with Crippen LogP contribution in [0.2, 0.25) is 0 Å². The van der Waals surface area contributed by atoms with E-state index in [1.807, 2.05) is 30.1 Å². The number of fused-ring (bicyclic) bond motifs is 3. The van der Waals surface area contributed by atoms with Crippen molar-refractivity contribution < 1.29 is 4.79 Å². The van der Waals surface area contributed by atoms with Crippen LogP contribution in [0.4, 0.5) is 0 Å². The number of piperidine rings is 1. The summed E-state index contributed by atoms with van der Waals surface area (Å²) in [5.74, 6) is 0.109. The summed E-state index contributed by atoms with van der Waals surface area (Å²) in [7, 11) is 1.94. The highest BCUT2D eigenvalue weighted by molar-refractivity contribution is 5.97. The van der Waals surface area contributed by atoms with Crippen LogP contribution in [0.25, 0.3) is 10.9 Å². The van der Waals surface area contributed by atoms with Crippen molar-refractivity contribution in [1.29, 1.82) is 0 Å². The average Bonchev–Trinajstić information content (AvgIpc) is 3.11. The third-order valence-corrected chi connectivity index (χ3v) is 5.01. The topological polar surface area (TPSA) is 61.0 Å². The second kappa shape index (κ2) is 4.84. The van der Waals surface area contributed by atoms with Crippen molar-refractivity contribution in [3.8, 4) is 0 Å². The lowest BCUT2D eigenvalue weighted by atomic mass is 9.98. The summed E-state index contributed by atoms with van der Waals surface area (Å²) in [6, 6.07) is 7.29. The predicted octanol–water partition coefficient (Wildman–Crippen LogP) is 1.92. The van der Waals surface area contributed by atoms with Crippen LogP contribution in [0, 0.1) is 0 Å². The molecule has 0 saturated carbocycles. The number of aromatic nitrogens is 2. The zero-order valence-corrected chi connectivity index (χ0v) is 12.2. The summed E-state index contributed by atoms with van der Waals surface area (Å²) in [5, 5.41) is 11.6. The van der Waals surface area contributed by atoms with Gasteiger partial charge in [0.15, 0.2) is 0 Å². The Kier molecular flexibility index (Phi) is 2.96. The van der Waals surface area contributed by atoms with Crippen molar-refractivity contribution in [2.24, 2.45) is 0 Å². The van der Waals surface area contributed by atoms with Gasteiger partial charge < -0.3 is 10.2 Å². The number of benzene rings is 1. The zero-order valence-electron chi connectivity index (χ0n) is 12.2. The van der Waals surface area contributed by atoms with Crippen LogP contribution < -0.4 is 5.32 Å². The molecule has 1 aromatic heterocycles. The molecular formula is C16H20N4O. The molecule has 2 aromatic rings. The molecule has 4 rings (SSSR count). The van der Waals surface area contributed by atoms with Crippen LogP contribution >= 0.6 is 0 Å². The van der Waals surface area contributed by atoms with E-state index in [1.165, 1.54) is 12.8 Å². The van der Waals surface area contributed by atoms with E-state index in [4.69, 9.17) is 0 Å². The standard InChI is InChI=1S/C16H20N4O/c1-20(14-7-12-4-5-13(8-14)18-12)16(21)10-2-3-11-9-17-19-15(11)6-10/h2-3,6,9,12-14,18H,4-5,7-8H2,1H3,(H,17,19). The molecule has 2 saturated heterocycles. The molecule has 1 amide bonds. The monoisotopic (exact) mass is 284 g/mol. The Labute approximate surface area is 123 Å². The molecule has 21 heavy (non-hydrogen) atoms. The van der Waals surface area contributed by atoms with Gasteiger partial charge in [-0.15, -0.1) is 0 Å². The molecule has 2 atom stereocenters. The molecule has 2 unspecified atom stereocenters. The van der Waals surface area contributed by atoms with Crippen LogP contribution in [0.15, 0.2) is 24.4 Å². The minimum Gasteiger partial charge on any atom is -0.339 e. The summed E-state index contributed by atoms with van der Waals surface area (Å²) in [5.41, 5.74) is 1.65. The maximum absolute atomic E-state index is 12.7. The largest absolute Gasteiger partial charge is 0.339 e. The number of rotatable bonds is 2. The van der Waals surface area contributed by atoms with Crippen LogP contribution in [-0.4, -0.2) is 46.2 Å². The van der Waals surface area contributed by atoms with Crippen LogP contribution in [0.5, 0.6) is 0 Å². The molecule has 0 radical (unpaired) electrons. The molecule has 2 fully saturated rings. The van der Waals surface area contributed by atoms with E-state index < -0.39 is 0 Å². The van der Waals surface area contributed by atoms with E-state index in [2.05, 4.69) is 15.5 Å². The van der Waals surface area contributed by atoms with Gasteiger partial charge in [-0.1, -0.05) is 6.07 Å². The number of hydrogen-bond acceptors (Lipinski definition) is 3. The lowest BCUT2D eigenvalue weighted by Gasteiger charge is -2.35. The third kappa shape index (κ3) is 2.21. The minimum atomic E-state index is 0.109. The Balaban J connectivity index is 1.55. The van der Waals surface area contributed by atoms with Crippen molar-refractivity contribution in [3.05, 3.63) is 30.0 Å². The van der Waals surface area contributed by atoms with E-state index in [-0.39, 0.29) is 5.91 Å². The normalized spacial score (nSPS) is 28.0. The lowest BCUT2D eigenvalue weighted by molar-refractivity contribution is 0.0682. The van der Waals surface area contributed by atoms with E-state index in [9.17, 15) is 4.79 Å². The molecule has 1 aromatic carbocycles. The molecule has 5 nitrogen and oxygen atoms in total. The number of hydrogen-bond donors (Lipinski definition) is 2. The summed E-state index contributed by atoms with van der Waals surface area (Å²) in [4.78, 5) is 14.6. The smallest absolute Gasteiger partial charge is 0.253 e. The van der Waals surface area contributed by atoms with Crippen LogP contribution in [0.3, 0.4) is 0 Å². The van der Waals surface area contributed by atoms with E-state index in [1.54, 1.807) is 6.20 Å². The fraction of sp³-hybridized carbons (Fsp3) is 0.500. The number of H-pyrrole nitrogens is 1. The number of nitrogens with zero attached hydrogens (tertiary/aromatic N) is 2. The Hall–Kier alpha value is -1.88. The van der Waals surface area contributed by atoms with Gasteiger partial charge in [-0.25, -0.2) is 0 Å². The first kappa shape index (κ1) is 12.8. The lowest BCUT2D eigenvalue weighted by Crippen LogP contribution is -2.48. The molecule has 3 heterocycles. The average molecular weight is 284 g/mol. The molecular weight excluding hydrogens is 264 g/mol. The second-order valence-corrected chi connectivity index (χ2v) is 6.35. The number of aromatic amines is 1. The van der Waals surface area contributed by atoms with Crippen molar-refractivity contribution in [2.45, 2.75) is 43.8 Å². The van der Waals surface area contributed by atoms with Crippen LogP contribution in [-0.2, 0) is 0 Å². The fourth-order valence-electron chi connectivity index (χ4n) is 3.78. The van der Waals surface area contributed by atoms with Gasteiger partial charge in [-0.05, 0) is 37.8 Å². The van der Waals surface area contributed by atoms with Gasteiger partial charge in [0.05, 0.1) is 11.7 Å². The van der Waals surface area contributed by atoms with Gasteiger partial charge in [0.25, 0.3) is 5.91 Å². The first-order chi connectivity index (χ1) is 10.2. The molecule has 2 aliphatic heterocycles. The van der Waals surface area contributed by atoms with Gasteiger partial charge in [0.1, 0.15) is 0 Å². The Morgan fingerprint density at radius 3 is 2.81 bits per heavy atom. The zero-order chi connectivity index (χ0) is 14.4. The third-order valence-electron chi connectivity index (χ3n) is 5.01. The highest BCUT2D eigenvalue weighted by Crippen LogP contribution is 2.30. The second-order valence-electron chi connectivity index (χ2n) is 6.35. The highest BCUT2D eigenvalue weighted by atomic mass is 16.2. The molecule has 2 aliphatic rings. The summed E-state index contributed by atoms with van der Waals surface area (Å²) in [6.07, 6.45) is 6.43. The quantitative estimate of drug-likeness (QED) is 0.885. The molecule has 5 heteroatoms. The molecule has 2 N–H and O–H groups in total. The molecule has 0 aliphatic carbocycles. The SMILES string of the molecule is CN(C(=O)c1ccc2cn[nH]c2c1)C1CC2CCC(C1)N2. The summed E-state index contributed by atoms with van der Waals surface area (Å²) >= 11 is 0. The van der Waals surface area contributed by atoms with Crippen molar-refractivity contribution in [2.75, 3.05) is 7.05 Å². The van der Waals surface area contributed by atoms with Crippen molar-refractivity contribution in [3.63, 3.8) is 0 Å². The van der Waals surface area contributed by atoms with Gasteiger partial charge in [0, 0.05) is 36.1 Å². The maximum atomic E-state index is 12.7. The molecule has 2 bridgehead atoms. The first-order valence-electron chi connectivity index (χ1n) is 7.67. The Bertz CT molecular complexity index is 668. The van der Waals surface area contributed by atoms with Crippen molar-refractivity contribution >= 4 is 16.8 Å². The maximum Gasteiger partial charge on any atom is 0.253 e. The Morgan fingerprint density at radius 1 is 1.29 bits per heavy atom.